The third-order valence-electron chi connectivity index (χ3n) is 3.66. The van der Waals surface area contributed by atoms with Crippen LogP contribution in [0.3, 0.4) is 0 Å². The maximum atomic E-state index is 5.95. The van der Waals surface area contributed by atoms with E-state index >= 15 is 0 Å². The predicted molar refractivity (Wildman–Crippen MR) is 58.6 cm³/mol. The molecule has 0 amide bonds. The van der Waals surface area contributed by atoms with Crippen LogP contribution < -0.4 is 5.73 Å². The fraction of sp³-hybridized carbons (Fsp3) is 1.00. The molecule has 3 atom stereocenters. The second-order valence-electron chi connectivity index (χ2n) is 4.65. The first-order valence-electron chi connectivity index (χ1n) is 6.03. The van der Waals surface area contributed by atoms with Crippen LogP contribution in [0.2, 0.25) is 0 Å². The van der Waals surface area contributed by atoms with Gasteiger partial charge >= 0.3 is 0 Å². The van der Waals surface area contributed by atoms with Gasteiger partial charge in [-0.2, -0.15) is 0 Å². The van der Waals surface area contributed by atoms with Gasteiger partial charge in [0.2, 0.25) is 0 Å². The maximum Gasteiger partial charge on any atom is 0.00673 e. The van der Waals surface area contributed by atoms with Crippen LogP contribution in [0.25, 0.3) is 0 Å². The topological polar surface area (TPSA) is 26.0 Å². The van der Waals surface area contributed by atoms with Gasteiger partial charge in [0.15, 0.2) is 0 Å². The molecule has 0 bridgehead atoms. The van der Waals surface area contributed by atoms with Gasteiger partial charge in [-0.05, 0) is 31.1 Å². The van der Waals surface area contributed by atoms with E-state index in [0.717, 1.165) is 11.8 Å². The fourth-order valence-electron chi connectivity index (χ4n) is 2.30. The summed E-state index contributed by atoms with van der Waals surface area (Å²) in [5.74, 6) is 1.82. The summed E-state index contributed by atoms with van der Waals surface area (Å²) in [6, 6.07) is 0.538. The minimum absolute atomic E-state index is 0.538. The first kappa shape index (κ1) is 11.0. The van der Waals surface area contributed by atoms with E-state index in [-0.39, 0.29) is 0 Å². The molecule has 1 fully saturated rings. The molecule has 0 radical (unpaired) electrons. The smallest absolute Gasteiger partial charge is 0.00673 e. The summed E-state index contributed by atoms with van der Waals surface area (Å²) in [6.45, 7) is 4.60. The van der Waals surface area contributed by atoms with Gasteiger partial charge < -0.3 is 5.73 Å². The van der Waals surface area contributed by atoms with E-state index in [2.05, 4.69) is 13.8 Å². The molecule has 0 spiro atoms. The van der Waals surface area contributed by atoms with Gasteiger partial charge in [-0.3, -0.25) is 0 Å². The molecular formula is C12H25N. The summed E-state index contributed by atoms with van der Waals surface area (Å²) in [5, 5.41) is 0. The lowest BCUT2D eigenvalue weighted by atomic mass is 9.73. The van der Waals surface area contributed by atoms with E-state index in [4.69, 9.17) is 5.73 Å². The number of unbranched alkanes of at least 4 members (excludes halogenated alkanes) is 1. The predicted octanol–water partition coefficient (Wildman–Crippen LogP) is 3.33. The van der Waals surface area contributed by atoms with E-state index in [1.807, 2.05) is 0 Å². The Morgan fingerprint density at radius 3 is 2.46 bits per heavy atom. The Balaban J connectivity index is 2.15. The molecule has 0 aliphatic heterocycles. The molecule has 0 heterocycles. The van der Waals surface area contributed by atoms with Crippen LogP contribution in [0.5, 0.6) is 0 Å². The zero-order valence-electron chi connectivity index (χ0n) is 9.26. The lowest BCUT2D eigenvalue weighted by Gasteiger charge is -2.36. The molecule has 13 heavy (non-hydrogen) atoms. The van der Waals surface area contributed by atoms with Crippen LogP contribution >= 0.6 is 0 Å². The second-order valence-corrected chi connectivity index (χ2v) is 4.65. The summed E-state index contributed by atoms with van der Waals surface area (Å²) in [7, 11) is 0. The molecule has 0 aromatic heterocycles. The van der Waals surface area contributed by atoms with Gasteiger partial charge in [-0.15, -0.1) is 0 Å². The fourth-order valence-corrected chi connectivity index (χ4v) is 2.30. The van der Waals surface area contributed by atoms with Crippen LogP contribution in [-0.4, -0.2) is 6.04 Å². The summed E-state index contributed by atoms with van der Waals surface area (Å²) in [4.78, 5) is 0. The van der Waals surface area contributed by atoms with Gasteiger partial charge in [0.05, 0.1) is 0 Å². The molecule has 0 aromatic carbocycles. The zero-order chi connectivity index (χ0) is 9.68. The summed E-state index contributed by atoms with van der Waals surface area (Å²) < 4.78 is 0. The van der Waals surface area contributed by atoms with Crippen molar-refractivity contribution in [2.24, 2.45) is 17.6 Å². The first-order chi connectivity index (χ1) is 6.27. The van der Waals surface area contributed by atoms with Gasteiger partial charge in [0.1, 0.15) is 0 Å². The molecule has 0 aromatic rings. The number of hydrogen-bond acceptors (Lipinski definition) is 1. The van der Waals surface area contributed by atoms with Crippen LogP contribution in [0, 0.1) is 11.8 Å². The van der Waals surface area contributed by atoms with Crippen molar-refractivity contribution in [1.29, 1.82) is 0 Å². The third-order valence-corrected chi connectivity index (χ3v) is 3.66. The van der Waals surface area contributed by atoms with Crippen molar-refractivity contribution in [1.82, 2.24) is 0 Å². The van der Waals surface area contributed by atoms with Gasteiger partial charge in [0.25, 0.3) is 0 Å². The minimum Gasteiger partial charge on any atom is -0.327 e. The van der Waals surface area contributed by atoms with Crippen LogP contribution in [0.4, 0.5) is 0 Å². The summed E-state index contributed by atoms with van der Waals surface area (Å²) in [5.41, 5.74) is 5.95. The summed E-state index contributed by atoms with van der Waals surface area (Å²) in [6.07, 6.45) is 9.59. The van der Waals surface area contributed by atoms with Crippen molar-refractivity contribution >= 4 is 0 Å². The van der Waals surface area contributed by atoms with Crippen molar-refractivity contribution in [2.75, 3.05) is 0 Å². The Morgan fingerprint density at radius 1 is 1.31 bits per heavy atom. The average Bonchev–Trinajstić information content (AvgIpc) is 2.16. The number of rotatable bonds is 6. The zero-order valence-corrected chi connectivity index (χ0v) is 9.26. The molecule has 78 valence electrons. The van der Waals surface area contributed by atoms with Crippen LogP contribution in [-0.2, 0) is 0 Å². The normalized spacial score (nSPS) is 29.8. The molecular weight excluding hydrogens is 158 g/mol. The van der Waals surface area contributed by atoms with Gasteiger partial charge in [-0.1, -0.05) is 39.5 Å². The highest BCUT2D eigenvalue weighted by Gasteiger charge is 2.28. The van der Waals surface area contributed by atoms with Crippen molar-refractivity contribution < 1.29 is 0 Å². The molecule has 1 aliphatic carbocycles. The average molecular weight is 183 g/mol. The Kier molecular flexibility index (Phi) is 4.79. The largest absolute Gasteiger partial charge is 0.327 e. The SMILES string of the molecule is CCCCC(CC)CC1CCC1N. The Bertz CT molecular complexity index is 133. The maximum absolute atomic E-state index is 5.95. The standard InChI is InChI=1S/C12H25N/c1-3-5-6-10(4-2)9-11-7-8-12(11)13/h10-12H,3-9,13H2,1-2H3. The molecule has 1 rings (SSSR count). The van der Waals surface area contributed by atoms with Crippen molar-refractivity contribution in [3.05, 3.63) is 0 Å². The molecule has 1 heteroatoms. The van der Waals surface area contributed by atoms with Gasteiger partial charge in [0, 0.05) is 6.04 Å². The van der Waals surface area contributed by atoms with E-state index in [1.54, 1.807) is 0 Å². The van der Waals surface area contributed by atoms with Crippen LogP contribution in [0.1, 0.15) is 58.8 Å². The highest BCUT2D eigenvalue weighted by Crippen LogP contribution is 2.33. The monoisotopic (exact) mass is 183 g/mol. The molecule has 1 aliphatic rings. The van der Waals surface area contributed by atoms with E-state index in [0.29, 0.717) is 6.04 Å². The Labute approximate surface area is 83.1 Å². The molecule has 2 N–H and O–H groups in total. The van der Waals surface area contributed by atoms with E-state index < -0.39 is 0 Å². The lowest BCUT2D eigenvalue weighted by Crippen LogP contribution is -2.40. The molecule has 3 unspecified atom stereocenters. The minimum atomic E-state index is 0.538. The number of hydrogen-bond donors (Lipinski definition) is 1. The number of nitrogens with two attached hydrogens (primary N) is 1. The first-order valence-corrected chi connectivity index (χ1v) is 6.03. The quantitative estimate of drug-likeness (QED) is 0.671. The van der Waals surface area contributed by atoms with Crippen molar-refractivity contribution in [2.45, 2.75) is 64.8 Å². The second kappa shape index (κ2) is 5.64. The third kappa shape index (κ3) is 3.30. The van der Waals surface area contributed by atoms with Crippen LogP contribution in [0.15, 0.2) is 0 Å². The highest BCUT2D eigenvalue weighted by molar-refractivity contribution is 4.85. The molecule has 1 saturated carbocycles. The van der Waals surface area contributed by atoms with E-state index in [1.165, 1.54) is 44.9 Å². The highest BCUT2D eigenvalue weighted by atomic mass is 14.7. The summed E-state index contributed by atoms with van der Waals surface area (Å²) >= 11 is 0. The lowest BCUT2D eigenvalue weighted by molar-refractivity contribution is 0.197. The molecule has 0 saturated heterocycles. The van der Waals surface area contributed by atoms with Crippen molar-refractivity contribution in [3.63, 3.8) is 0 Å². The Hall–Kier alpha value is -0.0400. The Morgan fingerprint density at radius 2 is 2.08 bits per heavy atom. The van der Waals surface area contributed by atoms with E-state index in [9.17, 15) is 0 Å². The van der Waals surface area contributed by atoms with Gasteiger partial charge in [-0.25, -0.2) is 0 Å². The van der Waals surface area contributed by atoms with Crippen molar-refractivity contribution in [3.8, 4) is 0 Å². The molecule has 1 nitrogen and oxygen atoms in total.